The number of nitrogens with zero attached hydrogens (tertiary/aromatic N) is 2. The monoisotopic (exact) mass is 243 g/mol. The van der Waals surface area contributed by atoms with E-state index in [9.17, 15) is 0 Å². The molecule has 1 aromatic heterocycles. The topological polar surface area (TPSA) is 16.1 Å². The Morgan fingerprint density at radius 2 is 2.00 bits per heavy atom. The van der Waals surface area contributed by atoms with Gasteiger partial charge in [0, 0.05) is 30.7 Å². The standard InChI is InChI=1S/C15H24BN2/c1-11-8-18(9-11)10-12-6-7-13(16-5)17-14(12)15(2,3)4/h6-7,11H,8-10H2,1-5H3. The first kappa shape index (κ1) is 13.6. The normalized spacial score (nSPS) is 17.6. The van der Waals surface area contributed by atoms with E-state index < -0.39 is 0 Å². The molecule has 2 nitrogen and oxygen atoms in total. The van der Waals surface area contributed by atoms with E-state index in [1.54, 1.807) is 0 Å². The van der Waals surface area contributed by atoms with E-state index in [-0.39, 0.29) is 5.41 Å². The maximum atomic E-state index is 4.81. The first-order valence-corrected chi connectivity index (χ1v) is 6.92. The summed E-state index contributed by atoms with van der Waals surface area (Å²) in [5.41, 5.74) is 3.84. The number of likely N-dealkylation sites (tertiary alicyclic amines) is 1. The van der Waals surface area contributed by atoms with Crippen LogP contribution in [-0.4, -0.2) is 30.3 Å². The van der Waals surface area contributed by atoms with Crippen LogP contribution in [0.1, 0.15) is 39.0 Å². The fraction of sp³-hybridized carbons (Fsp3) is 0.667. The zero-order chi connectivity index (χ0) is 13.3. The van der Waals surface area contributed by atoms with Crippen molar-refractivity contribution in [1.82, 2.24) is 9.88 Å². The Bertz CT molecular complexity index is 417. The van der Waals surface area contributed by atoms with Gasteiger partial charge in [-0.3, -0.25) is 9.88 Å². The van der Waals surface area contributed by atoms with E-state index in [1.165, 1.54) is 24.3 Å². The van der Waals surface area contributed by atoms with Crippen molar-refractivity contribution in [3.05, 3.63) is 23.4 Å². The molecule has 1 aliphatic heterocycles. The van der Waals surface area contributed by atoms with Crippen molar-refractivity contribution in [1.29, 1.82) is 0 Å². The lowest BCUT2D eigenvalue weighted by Crippen LogP contribution is -2.44. The molecule has 1 saturated heterocycles. The highest BCUT2D eigenvalue weighted by Crippen LogP contribution is 2.26. The van der Waals surface area contributed by atoms with E-state index in [0.717, 1.165) is 18.1 Å². The zero-order valence-electron chi connectivity index (χ0n) is 12.3. The summed E-state index contributed by atoms with van der Waals surface area (Å²) in [5, 5.41) is 0. The van der Waals surface area contributed by atoms with E-state index in [2.05, 4.69) is 52.0 Å². The predicted molar refractivity (Wildman–Crippen MR) is 78.6 cm³/mol. The van der Waals surface area contributed by atoms with Crippen LogP contribution >= 0.6 is 0 Å². The minimum absolute atomic E-state index is 0.116. The highest BCUT2D eigenvalue weighted by Gasteiger charge is 2.26. The van der Waals surface area contributed by atoms with Crippen LogP contribution in [-0.2, 0) is 12.0 Å². The van der Waals surface area contributed by atoms with Crippen LogP contribution in [0.25, 0.3) is 0 Å². The SMILES string of the molecule is C[B]c1ccc(CN2CC(C)C2)c(C(C)(C)C)n1. The second-order valence-corrected chi connectivity index (χ2v) is 6.58. The van der Waals surface area contributed by atoms with Crippen molar-refractivity contribution in [2.24, 2.45) is 5.92 Å². The third kappa shape index (κ3) is 2.95. The van der Waals surface area contributed by atoms with Crippen LogP contribution < -0.4 is 5.59 Å². The van der Waals surface area contributed by atoms with Gasteiger partial charge in [0.1, 0.15) is 0 Å². The largest absolute Gasteiger partial charge is 0.298 e. The summed E-state index contributed by atoms with van der Waals surface area (Å²) in [6.45, 7) is 14.6. The van der Waals surface area contributed by atoms with Crippen molar-refractivity contribution in [3.8, 4) is 0 Å². The third-order valence-corrected chi connectivity index (χ3v) is 3.54. The lowest BCUT2D eigenvalue weighted by atomic mass is 9.76. The second kappa shape index (κ2) is 5.04. The van der Waals surface area contributed by atoms with Gasteiger partial charge in [0.05, 0.1) is 0 Å². The van der Waals surface area contributed by atoms with Crippen LogP contribution in [0, 0.1) is 5.92 Å². The van der Waals surface area contributed by atoms with Crippen LogP contribution in [0.5, 0.6) is 0 Å². The van der Waals surface area contributed by atoms with Gasteiger partial charge in [0.25, 0.3) is 0 Å². The Labute approximate surface area is 112 Å². The Kier molecular flexibility index (Phi) is 3.81. The number of hydrogen-bond donors (Lipinski definition) is 0. The first-order chi connectivity index (χ1) is 8.40. The molecule has 0 unspecified atom stereocenters. The maximum Gasteiger partial charge on any atom is 0.174 e. The summed E-state index contributed by atoms with van der Waals surface area (Å²) >= 11 is 0. The minimum Gasteiger partial charge on any atom is -0.298 e. The van der Waals surface area contributed by atoms with E-state index in [0.29, 0.717) is 0 Å². The average molecular weight is 243 g/mol. The molecule has 0 spiro atoms. The second-order valence-electron chi connectivity index (χ2n) is 6.58. The van der Waals surface area contributed by atoms with Gasteiger partial charge in [0.15, 0.2) is 7.28 Å². The highest BCUT2D eigenvalue weighted by molar-refractivity contribution is 6.50. The molecule has 1 aromatic rings. The number of aromatic nitrogens is 1. The summed E-state index contributed by atoms with van der Waals surface area (Å²) in [6, 6.07) is 4.39. The smallest absolute Gasteiger partial charge is 0.174 e. The average Bonchev–Trinajstić information content (AvgIpc) is 2.26. The van der Waals surface area contributed by atoms with Gasteiger partial charge in [0.2, 0.25) is 0 Å². The molecule has 0 amide bonds. The summed E-state index contributed by atoms with van der Waals surface area (Å²) < 4.78 is 0. The van der Waals surface area contributed by atoms with Crippen molar-refractivity contribution in [3.63, 3.8) is 0 Å². The molecule has 0 saturated carbocycles. The van der Waals surface area contributed by atoms with Crippen molar-refractivity contribution in [2.45, 2.75) is 46.5 Å². The molecule has 0 bridgehead atoms. The lowest BCUT2D eigenvalue weighted by Gasteiger charge is -2.38. The zero-order valence-corrected chi connectivity index (χ0v) is 12.3. The predicted octanol–water partition coefficient (Wildman–Crippen LogP) is 2.21. The molecule has 1 aliphatic rings. The molecule has 0 N–H and O–H groups in total. The van der Waals surface area contributed by atoms with Crippen molar-refractivity contribution < 1.29 is 0 Å². The molecule has 18 heavy (non-hydrogen) atoms. The molecular weight excluding hydrogens is 219 g/mol. The van der Waals surface area contributed by atoms with Crippen LogP contribution in [0.4, 0.5) is 0 Å². The van der Waals surface area contributed by atoms with Gasteiger partial charge >= 0.3 is 0 Å². The number of pyridine rings is 1. The van der Waals surface area contributed by atoms with E-state index in [4.69, 9.17) is 4.98 Å². The third-order valence-electron chi connectivity index (χ3n) is 3.54. The molecule has 2 rings (SSSR count). The van der Waals surface area contributed by atoms with Gasteiger partial charge in [-0.05, 0) is 17.1 Å². The molecule has 1 radical (unpaired) electrons. The fourth-order valence-electron chi connectivity index (χ4n) is 2.64. The summed E-state index contributed by atoms with van der Waals surface area (Å²) in [4.78, 5) is 7.32. The Morgan fingerprint density at radius 3 is 2.50 bits per heavy atom. The quantitative estimate of drug-likeness (QED) is 0.756. The van der Waals surface area contributed by atoms with Gasteiger partial charge in [-0.1, -0.05) is 46.7 Å². The summed E-state index contributed by atoms with van der Waals surface area (Å²) in [6.07, 6.45) is 0. The number of hydrogen-bond acceptors (Lipinski definition) is 2. The van der Waals surface area contributed by atoms with Crippen LogP contribution in [0.2, 0.25) is 6.82 Å². The molecule has 97 valence electrons. The fourth-order valence-corrected chi connectivity index (χ4v) is 2.64. The Hall–Kier alpha value is -0.825. The molecule has 0 aliphatic carbocycles. The molecule has 0 aromatic carbocycles. The number of rotatable bonds is 3. The van der Waals surface area contributed by atoms with Gasteiger partial charge in [-0.25, -0.2) is 0 Å². The van der Waals surface area contributed by atoms with Gasteiger partial charge < -0.3 is 0 Å². The molecule has 2 heterocycles. The van der Waals surface area contributed by atoms with Crippen molar-refractivity contribution >= 4 is 12.9 Å². The first-order valence-electron chi connectivity index (χ1n) is 6.92. The van der Waals surface area contributed by atoms with Crippen LogP contribution in [0.15, 0.2) is 12.1 Å². The molecular formula is C15H24BN2. The Morgan fingerprint density at radius 1 is 1.33 bits per heavy atom. The summed E-state index contributed by atoms with van der Waals surface area (Å²) in [5.74, 6) is 0.860. The molecule has 0 atom stereocenters. The molecule has 3 heteroatoms. The van der Waals surface area contributed by atoms with Crippen LogP contribution in [0.3, 0.4) is 0 Å². The summed E-state index contributed by atoms with van der Waals surface area (Å²) in [7, 11) is 2.07. The minimum atomic E-state index is 0.116. The Balaban J connectivity index is 2.22. The maximum absolute atomic E-state index is 4.81. The highest BCUT2D eigenvalue weighted by atomic mass is 15.2. The van der Waals surface area contributed by atoms with E-state index in [1.807, 2.05) is 6.82 Å². The lowest BCUT2D eigenvalue weighted by molar-refractivity contribution is 0.104. The molecule has 1 fully saturated rings. The van der Waals surface area contributed by atoms with Gasteiger partial charge in [-0.2, -0.15) is 0 Å². The van der Waals surface area contributed by atoms with Gasteiger partial charge in [-0.15, -0.1) is 0 Å². The van der Waals surface area contributed by atoms with Crippen molar-refractivity contribution in [2.75, 3.05) is 13.1 Å². The van der Waals surface area contributed by atoms with E-state index >= 15 is 0 Å².